The smallest absolute Gasteiger partial charge is 0.305 e. The molecule has 2 rings (SSSR count). The van der Waals surface area contributed by atoms with Crippen LogP contribution in [0.1, 0.15) is 5.56 Å². The molecule has 0 saturated carbocycles. The molecule has 0 aliphatic rings. The maximum Gasteiger partial charge on any atom is 0.417 e. The van der Waals surface area contributed by atoms with E-state index in [2.05, 4.69) is 20.9 Å². The third kappa shape index (κ3) is 1.50. The molecule has 0 aliphatic carbocycles. The zero-order valence-corrected chi connectivity index (χ0v) is 8.30. The summed E-state index contributed by atoms with van der Waals surface area (Å²) >= 11 is 3.13. The first-order valence-corrected chi connectivity index (χ1v) is 4.47. The lowest BCUT2D eigenvalue weighted by atomic mass is 10.2. The van der Waals surface area contributed by atoms with Crippen molar-refractivity contribution in [1.82, 2.24) is 9.38 Å². The van der Waals surface area contributed by atoms with E-state index < -0.39 is 11.7 Å². The molecule has 0 saturated heterocycles. The number of fused-ring (bicyclic) bond motifs is 1. The van der Waals surface area contributed by atoms with Crippen LogP contribution in [-0.2, 0) is 6.18 Å². The first-order valence-electron chi connectivity index (χ1n) is 3.68. The van der Waals surface area contributed by atoms with Crippen molar-refractivity contribution in [3.05, 3.63) is 34.8 Å². The molecule has 2 aromatic rings. The van der Waals surface area contributed by atoms with E-state index in [9.17, 15) is 13.2 Å². The van der Waals surface area contributed by atoms with Crippen molar-refractivity contribution in [3.63, 3.8) is 0 Å². The Morgan fingerprint density at radius 2 is 2.00 bits per heavy atom. The summed E-state index contributed by atoms with van der Waals surface area (Å²) in [5.74, 6) is 0. The van der Waals surface area contributed by atoms with Gasteiger partial charge < -0.3 is 4.40 Å². The second kappa shape index (κ2) is 2.98. The van der Waals surface area contributed by atoms with Gasteiger partial charge >= 0.3 is 6.18 Å². The number of hydrogen-bond acceptors (Lipinski definition) is 1. The van der Waals surface area contributed by atoms with E-state index in [1.165, 1.54) is 16.8 Å². The average molecular weight is 265 g/mol. The normalized spacial score (nSPS) is 12.3. The topological polar surface area (TPSA) is 17.3 Å². The molecule has 0 radical (unpaired) electrons. The quantitative estimate of drug-likeness (QED) is 0.715. The molecule has 0 spiro atoms. The fraction of sp³-hybridized carbons (Fsp3) is 0.125. The van der Waals surface area contributed by atoms with E-state index in [1.54, 1.807) is 0 Å². The van der Waals surface area contributed by atoms with Gasteiger partial charge in [-0.2, -0.15) is 13.2 Å². The predicted octanol–water partition coefficient (Wildman–Crippen LogP) is 3.12. The molecule has 2 nitrogen and oxygen atoms in total. The van der Waals surface area contributed by atoms with E-state index >= 15 is 0 Å². The van der Waals surface area contributed by atoms with Gasteiger partial charge in [-0.25, -0.2) is 4.98 Å². The van der Waals surface area contributed by atoms with Crippen molar-refractivity contribution >= 4 is 21.4 Å². The summed E-state index contributed by atoms with van der Waals surface area (Å²) in [6.07, 6.45) is -1.98. The minimum atomic E-state index is -4.31. The van der Waals surface area contributed by atoms with Crippen molar-refractivity contribution in [2.45, 2.75) is 6.18 Å². The Bertz CT molecular complexity index is 475. The zero-order chi connectivity index (χ0) is 10.3. The number of hydrogen-bond donors (Lipinski definition) is 0. The maximum absolute atomic E-state index is 12.3. The minimum absolute atomic E-state index is 0.534. The summed E-state index contributed by atoms with van der Waals surface area (Å²) in [6.45, 7) is 0. The molecule has 0 fully saturated rings. The highest BCUT2D eigenvalue weighted by atomic mass is 79.9. The second-order valence-corrected chi connectivity index (χ2v) is 3.49. The van der Waals surface area contributed by atoms with Gasteiger partial charge in [-0.1, -0.05) is 0 Å². The minimum Gasteiger partial charge on any atom is -0.305 e. The molecule has 0 bridgehead atoms. The fourth-order valence-electron chi connectivity index (χ4n) is 1.13. The number of rotatable bonds is 0. The fourth-order valence-corrected chi connectivity index (χ4v) is 1.56. The Morgan fingerprint density at radius 3 is 2.64 bits per heavy atom. The monoisotopic (exact) mass is 264 g/mol. The summed E-state index contributed by atoms with van der Waals surface area (Å²) in [5.41, 5.74) is -0.0760. The third-order valence-electron chi connectivity index (χ3n) is 1.81. The van der Waals surface area contributed by atoms with Gasteiger partial charge in [0.25, 0.3) is 0 Å². The van der Waals surface area contributed by atoms with E-state index in [-0.39, 0.29) is 0 Å². The highest BCUT2D eigenvalue weighted by Crippen LogP contribution is 2.30. The Kier molecular flexibility index (Phi) is 2.02. The van der Waals surface area contributed by atoms with Crippen LogP contribution in [0.25, 0.3) is 5.52 Å². The van der Waals surface area contributed by atoms with Gasteiger partial charge in [-0.05, 0) is 28.1 Å². The third-order valence-corrected chi connectivity index (χ3v) is 2.42. The van der Waals surface area contributed by atoms with Crippen LogP contribution in [0.4, 0.5) is 13.2 Å². The summed E-state index contributed by atoms with van der Waals surface area (Å²) in [5, 5.41) is 0. The van der Waals surface area contributed by atoms with Gasteiger partial charge in [0, 0.05) is 6.20 Å². The molecule has 0 aromatic carbocycles. The predicted molar refractivity (Wildman–Crippen MR) is 47.9 cm³/mol. The Labute approximate surface area is 85.5 Å². The van der Waals surface area contributed by atoms with Gasteiger partial charge in [-0.3, -0.25) is 0 Å². The highest BCUT2D eigenvalue weighted by molar-refractivity contribution is 9.10. The summed E-state index contributed by atoms with van der Waals surface area (Å²) in [6, 6.07) is 2.40. The summed E-state index contributed by atoms with van der Waals surface area (Å²) in [4.78, 5) is 3.83. The average Bonchev–Trinajstić information content (AvgIpc) is 2.46. The molecule has 0 N–H and O–H groups in total. The Hall–Kier alpha value is -1.04. The largest absolute Gasteiger partial charge is 0.417 e. The molecule has 0 atom stereocenters. The van der Waals surface area contributed by atoms with Crippen LogP contribution in [0, 0.1) is 0 Å². The lowest BCUT2D eigenvalue weighted by Crippen LogP contribution is -2.05. The summed E-state index contributed by atoms with van der Waals surface area (Å²) in [7, 11) is 0. The number of imidazole rings is 1. The van der Waals surface area contributed by atoms with Crippen LogP contribution in [0.5, 0.6) is 0 Å². The molecule has 74 valence electrons. The van der Waals surface area contributed by atoms with Gasteiger partial charge in [0.05, 0.1) is 11.1 Å². The number of pyridine rings is 1. The first kappa shape index (κ1) is 9.51. The number of nitrogens with zero attached hydrogens (tertiary/aromatic N) is 2. The first-order chi connectivity index (χ1) is 6.48. The lowest BCUT2D eigenvalue weighted by Gasteiger charge is -2.06. The molecule has 14 heavy (non-hydrogen) atoms. The van der Waals surface area contributed by atoms with Crippen LogP contribution in [0.2, 0.25) is 0 Å². The van der Waals surface area contributed by atoms with E-state index in [4.69, 9.17) is 0 Å². The van der Waals surface area contributed by atoms with Crippen molar-refractivity contribution in [3.8, 4) is 0 Å². The number of aromatic nitrogens is 2. The standard InChI is InChI=1S/C8H4BrF3N2/c9-7-6-2-1-5(8(10,11)12)3-14(6)4-13-7/h1-4H. The van der Waals surface area contributed by atoms with Crippen molar-refractivity contribution < 1.29 is 13.2 Å². The van der Waals surface area contributed by atoms with Gasteiger partial charge in [-0.15, -0.1) is 0 Å². The second-order valence-electron chi connectivity index (χ2n) is 2.74. The number of alkyl halides is 3. The molecule has 0 amide bonds. The molecule has 0 unspecified atom stereocenters. The van der Waals surface area contributed by atoms with Crippen LogP contribution in [-0.4, -0.2) is 9.38 Å². The molecule has 2 heterocycles. The molecule has 0 aliphatic heterocycles. The van der Waals surface area contributed by atoms with Gasteiger partial charge in [0.2, 0.25) is 0 Å². The molecular weight excluding hydrogens is 261 g/mol. The van der Waals surface area contributed by atoms with Gasteiger partial charge in [0.15, 0.2) is 0 Å². The van der Waals surface area contributed by atoms with Crippen LogP contribution < -0.4 is 0 Å². The SMILES string of the molecule is FC(F)(F)c1ccc2c(Br)ncn2c1. The van der Waals surface area contributed by atoms with Crippen LogP contribution in [0.3, 0.4) is 0 Å². The van der Waals surface area contributed by atoms with Crippen LogP contribution in [0.15, 0.2) is 29.3 Å². The van der Waals surface area contributed by atoms with Crippen LogP contribution >= 0.6 is 15.9 Å². The zero-order valence-electron chi connectivity index (χ0n) is 6.72. The molecular formula is C8H4BrF3N2. The van der Waals surface area contributed by atoms with E-state index in [0.29, 0.717) is 10.1 Å². The van der Waals surface area contributed by atoms with E-state index in [0.717, 1.165) is 12.3 Å². The Balaban J connectivity index is 2.63. The molecule has 6 heteroatoms. The maximum atomic E-state index is 12.3. The lowest BCUT2D eigenvalue weighted by molar-refractivity contribution is -0.137. The number of halogens is 4. The highest BCUT2D eigenvalue weighted by Gasteiger charge is 2.30. The van der Waals surface area contributed by atoms with Crippen molar-refractivity contribution in [1.29, 1.82) is 0 Å². The van der Waals surface area contributed by atoms with Crippen molar-refractivity contribution in [2.24, 2.45) is 0 Å². The Morgan fingerprint density at radius 1 is 1.29 bits per heavy atom. The van der Waals surface area contributed by atoms with Gasteiger partial charge in [0.1, 0.15) is 10.9 Å². The van der Waals surface area contributed by atoms with E-state index in [1.807, 2.05) is 0 Å². The summed E-state index contributed by atoms with van der Waals surface area (Å²) < 4.78 is 38.7. The molecule has 2 aromatic heterocycles. The van der Waals surface area contributed by atoms with Crippen molar-refractivity contribution in [2.75, 3.05) is 0 Å².